The number of aryl methyl sites for hydroxylation is 1. The number of nitrogens with zero attached hydrogens (tertiary/aromatic N) is 3. The molecule has 0 radical (unpaired) electrons. The first-order chi connectivity index (χ1) is 12.8. The average molecular weight is 374 g/mol. The highest BCUT2D eigenvalue weighted by molar-refractivity contribution is 5.99. The van der Waals surface area contributed by atoms with Gasteiger partial charge in [0, 0.05) is 31.0 Å². The van der Waals surface area contributed by atoms with Crippen LogP contribution in [0.5, 0.6) is 0 Å². The molecule has 1 aromatic heterocycles. The van der Waals surface area contributed by atoms with Crippen LogP contribution in [0.4, 0.5) is 5.69 Å². The van der Waals surface area contributed by atoms with Crippen LogP contribution in [0.25, 0.3) is 0 Å². The molecule has 1 N–H and O–H groups in total. The third-order valence-corrected chi connectivity index (χ3v) is 3.68. The molecule has 0 saturated carbocycles. The minimum Gasteiger partial charge on any atom is -0.465 e. The summed E-state index contributed by atoms with van der Waals surface area (Å²) < 4.78 is 11.0. The van der Waals surface area contributed by atoms with Crippen LogP contribution in [-0.4, -0.2) is 60.3 Å². The van der Waals surface area contributed by atoms with Crippen LogP contribution in [0.15, 0.2) is 30.6 Å². The van der Waals surface area contributed by atoms with Crippen LogP contribution in [-0.2, 0) is 27.9 Å². The maximum atomic E-state index is 12.3. The molecule has 0 atom stereocenters. The Labute approximate surface area is 156 Å². The summed E-state index contributed by atoms with van der Waals surface area (Å²) >= 11 is 0. The molecule has 0 saturated heterocycles. The van der Waals surface area contributed by atoms with Crippen LogP contribution in [0, 0.1) is 0 Å². The number of hydrogen-bond acceptors (Lipinski definition) is 7. The molecule has 2 rings (SSSR count). The summed E-state index contributed by atoms with van der Waals surface area (Å²) in [6.07, 6.45) is 3.60. The highest BCUT2D eigenvalue weighted by Crippen LogP contribution is 2.17. The van der Waals surface area contributed by atoms with Gasteiger partial charge >= 0.3 is 11.9 Å². The van der Waals surface area contributed by atoms with E-state index in [1.807, 2.05) is 18.1 Å². The Bertz CT molecular complexity index is 812. The molecule has 0 unspecified atom stereocenters. The van der Waals surface area contributed by atoms with E-state index >= 15 is 0 Å². The van der Waals surface area contributed by atoms with Crippen molar-refractivity contribution in [3.63, 3.8) is 0 Å². The molecular weight excluding hydrogens is 352 g/mol. The van der Waals surface area contributed by atoms with E-state index in [0.717, 1.165) is 5.56 Å². The Morgan fingerprint density at radius 1 is 1.11 bits per heavy atom. The Balaban J connectivity index is 2.08. The van der Waals surface area contributed by atoms with Crippen LogP contribution in [0.3, 0.4) is 0 Å². The van der Waals surface area contributed by atoms with Gasteiger partial charge in [-0.05, 0) is 25.2 Å². The molecule has 1 amide bonds. The van der Waals surface area contributed by atoms with E-state index in [2.05, 4.69) is 19.9 Å². The number of nitrogens with one attached hydrogen (secondary N) is 1. The molecule has 0 aliphatic carbocycles. The number of esters is 2. The molecule has 0 aliphatic rings. The maximum Gasteiger partial charge on any atom is 0.337 e. The second kappa shape index (κ2) is 8.95. The molecular formula is C18H22N4O5. The number of ether oxygens (including phenoxy) is 2. The zero-order valence-corrected chi connectivity index (χ0v) is 15.7. The molecule has 2 aromatic rings. The van der Waals surface area contributed by atoms with Crippen molar-refractivity contribution < 1.29 is 23.9 Å². The van der Waals surface area contributed by atoms with Gasteiger partial charge in [-0.15, -0.1) is 0 Å². The van der Waals surface area contributed by atoms with Gasteiger partial charge in [-0.25, -0.2) is 9.59 Å². The zero-order chi connectivity index (χ0) is 20.0. The molecule has 0 bridgehead atoms. The van der Waals surface area contributed by atoms with Crippen molar-refractivity contribution in [2.24, 2.45) is 7.05 Å². The lowest BCUT2D eigenvalue weighted by molar-refractivity contribution is -0.117. The van der Waals surface area contributed by atoms with Gasteiger partial charge in [-0.3, -0.25) is 14.4 Å². The quantitative estimate of drug-likeness (QED) is 0.723. The van der Waals surface area contributed by atoms with Gasteiger partial charge in [0.15, 0.2) is 0 Å². The summed E-state index contributed by atoms with van der Waals surface area (Å²) in [5.41, 5.74) is 1.56. The first-order valence-electron chi connectivity index (χ1n) is 8.10. The number of methoxy groups -OCH3 is 2. The van der Waals surface area contributed by atoms with E-state index < -0.39 is 11.9 Å². The largest absolute Gasteiger partial charge is 0.465 e. The molecule has 27 heavy (non-hydrogen) atoms. The molecule has 1 heterocycles. The third-order valence-electron chi connectivity index (χ3n) is 3.68. The maximum absolute atomic E-state index is 12.3. The fourth-order valence-electron chi connectivity index (χ4n) is 2.54. The topological polar surface area (TPSA) is 103 Å². The number of rotatable bonds is 7. The number of carbonyl (C=O) groups is 3. The Morgan fingerprint density at radius 3 is 2.19 bits per heavy atom. The monoisotopic (exact) mass is 374 g/mol. The van der Waals surface area contributed by atoms with Crippen molar-refractivity contribution >= 4 is 23.5 Å². The van der Waals surface area contributed by atoms with E-state index in [1.165, 1.54) is 32.4 Å². The number of likely N-dealkylation sites (N-methyl/N-ethyl adjacent to an activating group) is 1. The molecule has 144 valence electrons. The summed E-state index contributed by atoms with van der Waals surface area (Å²) in [6, 6.07) is 4.23. The number of anilines is 1. The first kappa shape index (κ1) is 20.1. The Kier molecular flexibility index (Phi) is 6.67. The molecule has 9 heteroatoms. The molecule has 0 aliphatic heterocycles. The minimum absolute atomic E-state index is 0.116. The van der Waals surface area contributed by atoms with Gasteiger partial charge in [0.05, 0.1) is 38.1 Å². The van der Waals surface area contributed by atoms with E-state index in [9.17, 15) is 14.4 Å². The molecule has 9 nitrogen and oxygen atoms in total. The summed E-state index contributed by atoms with van der Waals surface area (Å²) in [5, 5.41) is 6.77. The molecule has 0 fully saturated rings. The smallest absolute Gasteiger partial charge is 0.337 e. The second-order valence-corrected chi connectivity index (χ2v) is 6.02. The van der Waals surface area contributed by atoms with Gasteiger partial charge in [0.2, 0.25) is 5.91 Å². The van der Waals surface area contributed by atoms with Crippen LogP contribution < -0.4 is 5.32 Å². The van der Waals surface area contributed by atoms with Crippen LogP contribution in [0.1, 0.15) is 26.3 Å². The van der Waals surface area contributed by atoms with Crippen molar-refractivity contribution in [2.75, 3.05) is 33.1 Å². The number of aromatic nitrogens is 2. The standard InChI is InChI=1S/C18H22N4O5/c1-21(9-12-8-19-22(2)10-12)11-16(23)20-15-6-13(17(24)26-3)5-14(7-15)18(25)27-4/h5-8,10H,9,11H2,1-4H3,(H,20,23). The van der Waals surface area contributed by atoms with Crippen molar-refractivity contribution in [1.82, 2.24) is 14.7 Å². The summed E-state index contributed by atoms with van der Waals surface area (Å²) in [6.45, 7) is 0.668. The molecule has 0 spiro atoms. The third kappa shape index (κ3) is 5.65. The summed E-state index contributed by atoms with van der Waals surface area (Å²) in [5.74, 6) is -1.53. The van der Waals surface area contributed by atoms with E-state index in [1.54, 1.807) is 17.9 Å². The Hall–Kier alpha value is -3.20. The van der Waals surface area contributed by atoms with Crippen LogP contribution in [0.2, 0.25) is 0 Å². The fraction of sp³-hybridized carbons (Fsp3) is 0.333. The lowest BCUT2D eigenvalue weighted by Crippen LogP contribution is -2.29. The van der Waals surface area contributed by atoms with E-state index in [4.69, 9.17) is 0 Å². The number of amides is 1. The fourth-order valence-corrected chi connectivity index (χ4v) is 2.54. The highest BCUT2D eigenvalue weighted by Gasteiger charge is 2.15. The highest BCUT2D eigenvalue weighted by atomic mass is 16.5. The summed E-state index contributed by atoms with van der Waals surface area (Å²) in [7, 11) is 6.10. The summed E-state index contributed by atoms with van der Waals surface area (Å²) in [4.78, 5) is 37.7. The van der Waals surface area contributed by atoms with Gasteiger partial charge in [-0.2, -0.15) is 5.10 Å². The first-order valence-corrected chi connectivity index (χ1v) is 8.10. The van der Waals surface area contributed by atoms with Crippen molar-refractivity contribution in [3.05, 3.63) is 47.3 Å². The lowest BCUT2D eigenvalue weighted by Gasteiger charge is -2.16. The van der Waals surface area contributed by atoms with Crippen molar-refractivity contribution in [3.8, 4) is 0 Å². The molecule has 1 aromatic carbocycles. The minimum atomic E-state index is -0.620. The van der Waals surface area contributed by atoms with E-state index in [0.29, 0.717) is 12.2 Å². The average Bonchev–Trinajstić information content (AvgIpc) is 3.04. The number of hydrogen-bond donors (Lipinski definition) is 1. The Morgan fingerprint density at radius 2 is 1.70 bits per heavy atom. The number of benzene rings is 1. The van der Waals surface area contributed by atoms with Gasteiger partial charge in [0.25, 0.3) is 0 Å². The van der Waals surface area contributed by atoms with Crippen molar-refractivity contribution in [1.29, 1.82) is 0 Å². The lowest BCUT2D eigenvalue weighted by atomic mass is 10.1. The second-order valence-electron chi connectivity index (χ2n) is 6.02. The van der Waals surface area contributed by atoms with Gasteiger partial charge < -0.3 is 14.8 Å². The normalized spacial score (nSPS) is 10.6. The van der Waals surface area contributed by atoms with Crippen molar-refractivity contribution in [2.45, 2.75) is 6.54 Å². The zero-order valence-electron chi connectivity index (χ0n) is 15.7. The predicted molar refractivity (Wildman–Crippen MR) is 97.3 cm³/mol. The SMILES string of the molecule is COC(=O)c1cc(NC(=O)CN(C)Cc2cnn(C)c2)cc(C(=O)OC)c1. The van der Waals surface area contributed by atoms with E-state index in [-0.39, 0.29) is 23.6 Å². The van der Waals surface area contributed by atoms with Gasteiger partial charge in [-0.1, -0.05) is 0 Å². The van der Waals surface area contributed by atoms with Crippen LogP contribution >= 0.6 is 0 Å². The number of carbonyl (C=O) groups excluding carboxylic acids is 3. The predicted octanol–water partition coefficient (Wildman–Crippen LogP) is 1.06. The van der Waals surface area contributed by atoms with Gasteiger partial charge in [0.1, 0.15) is 0 Å².